The number of benzene rings is 3. The predicted molar refractivity (Wildman–Crippen MR) is 110 cm³/mol. The molecule has 1 atom stereocenters. The standard InChI is InChI=1S/C22H21FN2O3S/c1-16-11-13-18(14-12-16)29(27,28)25-21(15-17-7-3-2-4-8-17)22(26)24-20-10-6-5-9-19(20)23/h2-14,21,25H,15H2,1H3,(H,24,26)/t21-/m0/s1. The van der Waals surface area contributed by atoms with Gasteiger partial charge in [-0.2, -0.15) is 4.72 Å². The average Bonchev–Trinajstić information content (AvgIpc) is 2.70. The smallest absolute Gasteiger partial charge is 0.242 e. The van der Waals surface area contributed by atoms with E-state index in [1.165, 1.54) is 30.3 Å². The van der Waals surface area contributed by atoms with Crippen LogP contribution in [0.15, 0.2) is 83.8 Å². The molecule has 0 aliphatic heterocycles. The molecule has 1 amide bonds. The topological polar surface area (TPSA) is 75.3 Å². The minimum Gasteiger partial charge on any atom is -0.322 e. The maximum absolute atomic E-state index is 13.9. The Hall–Kier alpha value is -3.03. The summed E-state index contributed by atoms with van der Waals surface area (Å²) in [6.45, 7) is 1.85. The molecule has 2 N–H and O–H groups in total. The van der Waals surface area contributed by atoms with Crippen LogP contribution in [0, 0.1) is 12.7 Å². The highest BCUT2D eigenvalue weighted by Crippen LogP contribution is 2.16. The zero-order chi connectivity index (χ0) is 20.9. The van der Waals surface area contributed by atoms with E-state index in [4.69, 9.17) is 0 Å². The average molecular weight is 412 g/mol. The summed E-state index contributed by atoms with van der Waals surface area (Å²) in [6, 6.07) is 19.9. The van der Waals surface area contributed by atoms with Gasteiger partial charge in [0.05, 0.1) is 10.6 Å². The zero-order valence-corrected chi connectivity index (χ0v) is 16.6. The van der Waals surface area contributed by atoms with E-state index in [2.05, 4.69) is 10.0 Å². The van der Waals surface area contributed by atoms with Crippen molar-refractivity contribution in [3.63, 3.8) is 0 Å². The number of halogens is 1. The van der Waals surface area contributed by atoms with Gasteiger partial charge in [-0.1, -0.05) is 60.2 Å². The van der Waals surface area contributed by atoms with E-state index in [1.54, 1.807) is 42.5 Å². The lowest BCUT2D eigenvalue weighted by atomic mass is 10.1. The van der Waals surface area contributed by atoms with Gasteiger partial charge in [0.25, 0.3) is 0 Å². The van der Waals surface area contributed by atoms with E-state index in [0.717, 1.165) is 11.1 Å². The summed E-state index contributed by atoms with van der Waals surface area (Å²) >= 11 is 0. The molecule has 150 valence electrons. The molecular formula is C22H21FN2O3S. The molecule has 0 fully saturated rings. The van der Waals surface area contributed by atoms with Crippen molar-refractivity contribution in [2.75, 3.05) is 5.32 Å². The Morgan fingerprint density at radius 2 is 1.55 bits per heavy atom. The number of para-hydroxylation sites is 1. The van der Waals surface area contributed by atoms with Crippen molar-refractivity contribution in [1.29, 1.82) is 0 Å². The molecule has 0 radical (unpaired) electrons. The summed E-state index contributed by atoms with van der Waals surface area (Å²) in [5.41, 5.74) is 1.68. The fraction of sp³-hybridized carbons (Fsp3) is 0.136. The number of aryl methyl sites for hydroxylation is 1. The largest absolute Gasteiger partial charge is 0.322 e. The lowest BCUT2D eigenvalue weighted by Gasteiger charge is -2.19. The maximum Gasteiger partial charge on any atom is 0.242 e. The second kappa shape index (κ2) is 8.98. The predicted octanol–water partition coefficient (Wildman–Crippen LogP) is 3.66. The third-order valence-electron chi connectivity index (χ3n) is 4.36. The number of nitrogens with one attached hydrogen (secondary N) is 2. The molecule has 0 aliphatic rings. The Morgan fingerprint density at radius 3 is 2.21 bits per heavy atom. The van der Waals surface area contributed by atoms with Gasteiger partial charge in [-0.3, -0.25) is 4.79 Å². The molecule has 0 bridgehead atoms. The summed E-state index contributed by atoms with van der Waals surface area (Å²) in [4.78, 5) is 12.9. The summed E-state index contributed by atoms with van der Waals surface area (Å²) in [7, 11) is -3.95. The van der Waals surface area contributed by atoms with Gasteiger partial charge >= 0.3 is 0 Å². The first-order chi connectivity index (χ1) is 13.8. The van der Waals surface area contributed by atoms with E-state index < -0.39 is 27.8 Å². The molecular weight excluding hydrogens is 391 g/mol. The summed E-state index contributed by atoms with van der Waals surface area (Å²) in [5.74, 6) is -1.24. The van der Waals surface area contributed by atoms with Crippen LogP contribution in [-0.4, -0.2) is 20.4 Å². The van der Waals surface area contributed by atoms with Crippen LogP contribution in [0.3, 0.4) is 0 Å². The molecule has 3 rings (SSSR count). The minimum absolute atomic E-state index is 0.00917. The number of carbonyl (C=O) groups excluding carboxylic acids is 1. The van der Waals surface area contributed by atoms with Crippen molar-refractivity contribution in [2.24, 2.45) is 0 Å². The highest BCUT2D eigenvalue weighted by Gasteiger charge is 2.26. The van der Waals surface area contributed by atoms with Gasteiger partial charge in [0, 0.05) is 0 Å². The molecule has 5 nitrogen and oxygen atoms in total. The van der Waals surface area contributed by atoms with Crippen molar-refractivity contribution in [3.8, 4) is 0 Å². The van der Waals surface area contributed by atoms with Crippen LogP contribution < -0.4 is 10.0 Å². The second-order valence-electron chi connectivity index (χ2n) is 6.65. The third kappa shape index (κ3) is 5.49. The van der Waals surface area contributed by atoms with Gasteiger partial charge in [0.2, 0.25) is 15.9 Å². The van der Waals surface area contributed by atoms with Crippen LogP contribution in [-0.2, 0) is 21.2 Å². The first-order valence-electron chi connectivity index (χ1n) is 9.03. The van der Waals surface area contributed by atoms with Crippen molar-refractivity contribution in [3.05, 3.63) is 95.8 Å². The molecule has 0 heterocycles. The highest BCUT2D eigenvalue weighted by atomic mass is 32.2. The van der Waals surface area contributed by atoms with E-state index >= 15 is 0 Å². The second-order valence-corrected chi connectivity index (χ2v) is 8.36. The molecule has 0 saturated heterocycles. The van der Waals surface area contributed by atoms with Crippen molar-refractivity contribution < 1.29 is 17.6 Å². The molecule has 0 saturated carbocycles. The molecule has 0 unspecified atom stereocenters. The zero-order valence-electron chi connectivity index (χ0n) is 15.8. The Labute approximate surface area is 169 Å². The van der Waals surface area contributed by atoms with Crippen LogP contribution in [0.2, 0.25) is 0 Å². The Kier molecular flexibility index (Phi) is 6.41. The van der Waals surface area contributed by atoms with E-state index in [9.17, 15) is 17.6 Å². The third-order valence-corrected chi connectivity index (χ3v) is 5.85. The summed E-state index contributed by atoms with van der Waals surface area (Å²) in [6.07, 6.45) is 0.117. The van der Waals surface area contributed by atoms with E-state index in [-0.39, 0.29) is 17.0 Å². The SMILES string of the molecule is Cc1ccc(S(=O)(=O)N[C@@H](Cc2ccccc2)C(=O)Nc2ccccc2F)cc1. The first-order valence-corrected chi connectivity index (χ1v) is 10.5. The van der Waals surface area contributed by atoms with Crippen molar-refractivity contribution in [1.82, 2.24) is 4.72 Å². The molecule has 0 aromatic heterocycles. The fourth-order valence-electron chi connectivity index (χ4n) is 2.79. The first kappa shape index (κ1) is 20.7. The molecule has 29 heavy (non-hydrogen) atoms. The molecule has 0 spiro atoms. The van der Waals surface area contributed by atoms with Gasteiger partial charge in [-0.15, -0.1) is 0 Å². The van der Waals surface area contributed by atoms with Crippen LogP contribution in [0.5, 0.6) is 0 Å². The number of hydrogen-bond acceptors (Lipinski definition) is 3. The van der Waals surface area contributed by atoms with Crippen LogP contribution in [0.4, 0.5) is 10.1 Å². The number of sulfonamides is 1. The van der Waals surface area contributed by atoms with Crippen molar-refractivity contribution in [2.45, 2.75) is 24.3 Å². The van der Waals surface area contributed by atoms with Crippen LogP contribution in [0.1, 0.15) is 11.1 Å². The van der Waals surface area contributed by atoms with Gasteiger partial charge in [-0.05, 0) is 43.2 Å². The molecule has 3 aromatic carbocycles. The van der Waals surface area contributed by atoms with E-state index in [0.29, 0.717) is 0 Å². The lowest BCUT2D eigenvalue weighted by molar-refractivity contribution is -0.117. The Bertz CT molecular complexity index is 1080. The fourth-order valence-corrected chi connectivity index (χ4v) is 3.99. The van der Waals surface area contributed by atoms with E-state index in [1.807, 2.05) is 13.0 Å². The number of hydrogen-bond donors (Lipinski definition) is 2. The maximum atomic E-state index is 13.9. The highest BCUT2D eigenvalue weighted by molar-refractivity contribution is 7.89. The molecule has 3 aromatic rings. The Balaban J connectivity index is 1.87. The Morgan fingerprint density at radius 1 is 0.931 bits per heavy atom. The summed E-state index contributed by atoms with van der Waals surface area (Å²) in [5, 5.41) is 2.47. The number of rotatable bonds is 7. The van der Waals surface area contributed by atoms with Crippen LogP contribution in [0.25, 0.3) is 0 Å². The normalized spacial score (nSPS) is 12.3. The number of carbonyl (C=O) groups is 1. The van der Waals surface area contributed by atoms with Gasteiger partial charge in [0.15, 0.2) is 0 Å². The number of amides is 1. The molecule has 0 aliphatic carbocycles. The van der Waals surface area contributed by atoms with Gasteiger partial charge < -0.3 is 5.32 Å². The monoisotopic (exact) mass is 412 g/mol. The van der Waals surface area contributed by atoms with Crippen molar-refractivity contribution >= 4 is 21.6 Å². The summed E-state index contributed by atoms with van der Waals surface area (Å²) < 4.78 is 42.0. The van der Waals surface area contributed by atoms with Crippen LogP contribution >= 0.6 is 0 Å². The quantitative estimate of drug-likeness (QED) is 0.622. The van der Waals surface area contributed by atoms with Gasteiger partial charge in [0.1, 0.15) is 11.9 Å². The minimum atomic E-state index is -3.95. The van der Waals surface area contributed by atoms with Gasteiger partial charge in [-0.25, -0.2) is 12.8 Å². The lowest BCUT2D eigenvalue weighted by Crippen LogP contribution is -2.45. The number of anilines is 1. The molecule has 7 heteroatoms.